The molecule has 3 aromatic heterocycles. The van der Waals surface area contributed by atoms with E-state index in [0.29, 0.717) is 29.6 Å². The maximum atomic E-state index is 14.3. The van der Waals surface area contributed by atoms with E-state index in [2.05, 4.69) is 41.1 Å². The summed E-state index contributed by atoms with van der Waals surface area (Å²) < 4.78 is 28.0. The van der Waals surface area contributed by atoms with Gasteiger partial charge in [-0.15, -0.1) is 20.4 Å². The number of benzene rings is 1. The van der Waals surface area contributed by atoms with Crippen molar-refractivity contribution in [3.8, 4) is 22.6 Å². The van der Waals surface area contributed by atoms with Crippen LogP contribution in [0.4, 0.5) is 14.6 Å². The van der Waals surface area contributed by atoms with Gasteiger partial charge in [0.25, 0.3) is 0 Å². The maximum absolute atomic E-state index is 14.3. The average molecular weight is 420 g/mol. The number of rotatable bonds is 6. The van der Waals surface area contributed by atoms with Crippen LogP contribution in [0.15, 0.2) is 54.7 Å². The molecule has 0 atom stereocenters. The van der Waals surface area contributed by atoms with Crippen LogP contribution in [0.5, 0.6) is 0 Å². The maximum Gasteiger partial charge on any atom is 0.204 e. The fourth-order valence-electron chi connectivity index (χ4n) is 3.93. The fourth-order valence-corrected chi connectivity index (χ4v) is 3.93. The Bertz CT molecular complexity index is 1170. The number of H-pyrrole nitrogens is 1. The van der Waals surface area contributed by atoms with E-state index in [4.69, 9.17) is 0 Å². The van der Waals surface area contributed by atoms with Crippen molar-refractivity contribution >= 4 is 5.82 Å². The van der Waals surface area contributed by atoms with E-state index in [1.807, 2.05) is 30.3 Å². The lowest BCUT2D eigenvalue weighted by Crippen LogP contribution is -2.49. The standard InChI is InChI=1S/C21H18F2N8/c22-15-10-21(11-15,19-16(23)5-2-8-24-19)12-25-18-7-6-17(26-27-18)13-3-1-4-14(9-13)20-28-30-31-29-20/h1-9,15H,10-12H2,(H,25,27)(H,28,29,30,31). The Morgan fingerprint density at radius 1 is 1.03 bits per heavy atom. The number of nitrogens with one attached hydrogen (secondary N) is 2. The van der Waals surface area contributed by atoms with Crippen LogP contribution >= 0.6 is 0 Å². The number of halogens is 2. The van der Waals surface area contributed by atoms with Gasteiger partial charge >= 0.3 is 0 Å². The lowest BCUT2D eigenvalue weighted by atomic mass is 9.65. The molecule has 31 heavy (non-hydrogen) atoms. The zero-order valence-electron chi connectivity index (χ0n) is 16.3. The summed E-state index contributed by atoms with van der Waals surface area (Å²) >= 11 is 0. The van der Waals surface area contributed by atoms with Crippen LogP contribution in [0.2, 0.25) is 0 Å². The second-order valence-corrected chi connectivity index (χ2v) is 7.59. The third-order valence-corrected chi connectivity index (χ3v) is 5.52. The molecule has 1 aliphatic rings. The zero-order valence-corrected chi connectivity index (χ0v) is 16.3. The summed E-state index contributed by atoms with van der Waals surface area (Å²) in [4.78, 5) is 4.17. The van der Waals surface area contributed by atoms with Gasteiger partial charge in [-0.25, -0.2) is 8.78 Å². The van der Waals surface area contributed by atoms with Gasteiger partial charge in [0.15, 0.2) is 0 Å². The second-order valence-electron chi connectivity index (χ2n) is 7.59. The highest BCUT2D eigenvalue weighted by molar-refractivity contribution is 5.67. The largest absolute Gasteiger partial charge is 0.368 e. The van der Waals surface area contributed by atoms with Crippen LogP contribution in [-0.2, 0) is 5.41 Å². The molecule has 1 aliphatic carbocycles. The first-order valence-corrected chi connectivity index (χ1v) is 9.80. The summed E-state index contributed by atoms with van der Waals surface area (Å²) in [5.74, 6) is 0.599. The van der Waals surface area contributed by atoms with Crippen LogP contribution in [0.1, 0.15) is 18.5 Å². The van der Waals surface area contributed by atoms with E-state index in [1.165, 1.54) is 18.3 Å². The second kappa shape index (κ2) is 7.78. The first kappa shape index (κ1) is 19.2. The van der Waals surface area contributed by atoms with Gasteiger partial charge < -0.3 is 5.32 Å². The Morgan fingerprint density at radius 3 is 2.61 bits per heavy atom. The quantitative estimate of drug-likeness (QED) is 0.493. The van der Waals surface area contributed by atoms with Gasteiger partial charge in [-0.2, -0.15) is 5.21 Å². The van der Waals surface area contributed by atoms with Crippen LogP contribution in [0, 0.1) is 5.82 Å². The molecule has 0 bridgehead atoms. The Balaban J connectivity index is 1.32. The zero-order chi connectivity index (χ0) is 21.3. The molecular weight excluding hydrogens is 402 g/mol. The highest BCUT2D eigenvalue weighted by Crippen LogP contribution is 2.45. The Morgan fingerprint density at radius 2 is 1.90 bits per heavy atom. The Hall–Kier alpha value is -3.82. The first-order valence-electron chi connectivity index (χ1n) is 9.80. The van der Waals surface area contributed by atoms with Crippen molar-refractivity contribution in [1.29, 1.82) is 0 Å². The Labute approximate surface area is 176 Å². The molecule has 5 rings (SSSR count). The molecule has 1 fully saturated rings. The van der Waals surface area contributed by atoms with E-state index >= 15 is 0 Å². The monoisotopic (exact) mass is 420 g/mol. The van der Waals surface area contributed by atoms with E-state index in [0.717, 1.165) is 11.1 Å². The highest BCUT2D eigenvalue weighted by atomic mass is 19.1. The molecule has 10 heteroatoms. The molecule has 0 aliphatic heterocycles. The van der Waals surface area contributed by atoms with Gasteiger partial charge in [0, 0.05) is 29.3 Å². The number of aromatic amines is 1. The van der Waals surface area contributed by atoms with Crippen molar-refractivity contribution in [2.24, 2.45) is 0 Å². The summed E-state index contributed by atoms with van der Waals surface area (Å²) in [5, 5.41) is 25.6. The van der Waals surface area contributed by atoms with E-state index in [9.17, 15) is 8.78 Å². The number of aromatic nitrogens is 7. The predicted octanol–water partition coefficient (Wildman–Crippen LogP) is 3.34. The lowest BCUT2D eigenvalue weighted by Gasteiger charge is -2.44. The summed E-state index contributed by atoms with van der Waals surface area (Å²) in [7, 11) is 0. The third-order valence-electron chi connectivity index (χ3n) is 5.52. The van der Waals surface area contributed by atoms with Crippen molar-refractivity contribution in [3.63, 3.8) is 0 Å². The molecule has 0 unspecified atom stereocenters. The summed E-state index contributed by atoms with van der Waals surface area (Å²) in [6.07, 6.45) is 1.02. The van der Waals surface area contributed by atoms with Crippen molar-refractivity contribution in [2.75, 3.05) is 11.9 Å². The average Bonchev–Trinajstić information content (AvgIpc) is 3.32. The van der Waals surface area contributed by atoms with Crippen molar-refractivity contribution in [2.45, 2.75) is 24.4 Å². The summed E-state index contributed by atoms with van der Waals surface area (Å²) in [6.45, 7) is 0.322. The SMILES string of the molecule is Fc1cccnc1C1(CNc2ccc(-c3cccc(-c4nn[nH]n4)c3)nn2)CC(F)C1. The van der Waals surface area contributed by atoms with Gasteiger partial charge in [0.1, 0.15) is 17.8 Å². The number of nitrogens with zero attached hydrogens (tertiary/aromatic N) is 6. The summed E-state index contributed by atoms with van der Waals surface area (Å²) in [5.41, 5.74) is 1.94. The molecule has 0 saturated heterocycles. The number of anilines is 1. The Kier molecular flexibility index (Phi) is 4.81. The molecule has 8 nitrogen and oxygen atoms in total. The molecule has 0 spiro atoms. The minimum absolute atomic E-state index is 0.225. The lowest BCUT2D eigenvalue weighted by molar-refractivity contribution is 0.0964. The van der Waals surface area contributed by atoms with Gasteiger partial charge in [0.05, 0.1) is 11.4 Å². The minimum atomic E-state index is -0.955. The first-order chi connectivity index (χ1) is 15.1. The van der Waals surface area contributed by atoms with Crippen LogP contribution in [-0.4, -0.2) is 48.5 Å². The van der Waals surface area contributed by atoms with E-state index < -0.39 is 17.4 Å². The minimum Gasteiger partial charge on any atom is -0.368 e. The molecule has 156 valence electrons. The molecule has 2 N–H and O–H groups in total. The van der Waals surface area contributed by atoms with Crippen molar-refractivity contribution < 1.29 is 8.78 Å². The van der Waals surface area contributed by atoms with Crippen molar-refractivity contribution in [1.82, 2.24) is 35.8 Å². The van der Waals surface area contributed by atoms with Crippen LogP contribution in [0.3, 0.4) is 0 Å². The van der Waals surface area contributed by atoms with Gasteiger partial charge in [-0.3, -0.25) is 4.98 Å². The van der Waals surface area contributed by atoms with Gasteiger partial charge in [0.2, 0.25) is 5.82 Å². The van der Waals surface area contributed by atoms with E-state index in [1.54, 1.807) is 6.07 Å². The molecule has 3 heterocycles. The number of alkyl halides is 1. The number of tetrazole rings is 1. The normalized spacial score (nSPS) is 20.3. The fraction of sp³-hybridized carbons (Fsp3) is 0.238. The molecule has 0 radical (unpaired) electrons. The van der Waals surface area contributed by atoms with Crippen LogP contribution in [0.25, 0.3) is 22.6 Å². The van der Waals surface area contributed by atoms with Gasteiger partial charge in [-0.05, 0) is 48.4 Å². The summed E-state index contributed by atoms with van der Waals surface area (Å²) in [6, 6.07) is 14.1. The number of pyridine rings is 1. The number of hydrogen-bond donors (Lipinski definition) is 2. The molecular formula is C21H18F2N8. The van der Waals surface area contributed by atoms with Crippen LogP contribution < -0.4 is 5.32 Å². The van der Waals surface area contributed by atoms with Crippen molar-refractivity contribution in [3.05, 3.63) is 66.2 Å². The molecule has 0 amide bonds. The molecule has 4 aromatic rings. The number of hydrogen-bond acceptors (Lipinski definition) is 7. The highest BCUT2D eigenvalue weighted by Gasteiger charge is 2.48. The third kappa shape index (κ3) is 3.72. The topological polar surface area (TPSA) is 105 Å². The van der Waals surface area contributed by atoms with Gasteiger partial charge in [-0.1, -0.05) is 18.2 Å². The van der Waals surface area contributed by atoms with E-state index in [-0.39, 0.29) is 12.8 Å². The molecule has 1 aromatic carbocycles. The molecule has 1 saturated carbocycles. The predicted molar refractivity (Wildman–Crippen MR) is 109 cm³/mol. The smallest absolute Gasteiger partial charge is 0.204 e.